The number of primary amides is 1. The third kappa shape index (κ3) is 6.36. The second-order valence-electron chi connectivity index (χ2n) is 6.16. The summed E-state index contributed by atoms with van der Waals surface area (Å²) in [6.07, 6.45) is 3.54. The normalized spacial score (nSPS) is 20.2. The predicted octanol–water partition coefficient (Wildman–Crippen LogP) is 1.21. The highest BCUT2D eigenvalue weighted by atomic mass is 16.1. The van der Waals surface area contributed by atoms with Gasteiger partial charge in [-0.25, -0.2) is 0 Å². The highest BCUT2D eigenvalue weighted by Gasteiger charge is 2.20. The number of nitrogens with two attached hydrogens (primary N) is 1. The Labute approximate surface area is 111 Å². The number of rotatable bonds is 7. The third-order valence-electron chi connectivity index (χ3n) is 3.60. The highest BCUT2D eigenvalue weighted by Crippen LogP contribution is 2.13. The molecule has 0 aliphatic carbocycles. The molecule has 1 unspecified atom stereocenters. The van der Waals surface area contributed by atoms with Gasteiger partial charge in [0.05, 0.1) is 6.54 Å². The lowest BCUT2D eigenvalue weighted by molar-refractivity contribution is -0.119. The van der Waals surface area contributed by atoms with Crippen molar-refractivity contribution in [2.45, 2.75) is 46.1 Å². The van der Waals surface area contributed by atoms with Gasteiger partial charge in [0, 0.05) is 19.1 Å². The fourth-order valence-corrected chi connectivity index (χ4v) is 2.77. The van der Waals surface area contributed by atoms with Crippen molar-refractivity contribution < 1.29 is 4.79 Å². The van der Waals surface area contributed by atoms with Crippen LogP contribution in [0.25, 0.3) is 0 Å². The zero-order chi connectivity index (χ0) is 13.5. The Hall–Kier alpha value is -0.610. The Kier molecular flexibility index (Phi) is 6.65. The van der Waals surface area contributed by atoms with E-state index in [9.17, 15) is 4.79 Å². The summed E-state index contributed by atoms with van der Waals surface area (Å²) >= 11 is 0. The quantitative estimate of drug-likeness (QED) is 0.719. The lowest BCUT2D eigenvalue weighted by Crippen LogP contribution is -2.46. The van der Waals surface area contributed by atoms with E-state index < -0.39 is 0 Å². The van der Waals surface area contributed by atoms with E-state index in [1.54, 1.807) is 0 Å². The van der Waals surface area contributed by atoms with Crippen LogP contribution in [0.1, 0.15) is 40.0 Å². The molecule has 1 aliphatic heterocycles. The minimum Gasteiger partial charge on any atom is -0.369 e. The molecule has 4 nitrogen and oxygen atoms in total. The van der Waals surface area contributed by atoms with Crippen LogP contribution >= 0.6 is 0 Å². The van der Waals surface area contributed by atoms with E-state index in [0.29, 0.717) is 12.6 Å². The molecule has 0 radical (unpaired) electrons. The van der Waals surface area contributed by atoms with Crippen LogP contribution in [0.5, 0.6) is 0 Å². The van der Waals surface area contributed by atoms with Crippen LogP contribution in [0.15, 0.2) is 0 Å². The molecule has 1 atom stereocenters. The summed E-state index contributed by atoms with van der Waals surface area (Å²) in [6.45, 7) is 10.4. The standard InChI is InChI=1S/C14H29N3O/c1-11(2)8-12(3)9-16-13-4-6-17(7-5-13)10-14(15)18/h11-13,16H,4-10H2,1-3H3,(H2,15,18). The van der Waals surface area contributed by atoms with Crippen molar-refractivity contribution in [1.82, 2.24) is 10.2 Å². The smallest absolute Gasteiger partial charge is 0.231 e. The molecule has 18 heavy (non-hydrogen) atoms. The second kappa shape index (κ2) is 7.74. The van der Waals surface area contributed by atoms with Gasteiger partial charge in [-0.2, -0.15) is 0 Å². The van der Waals surface area contributed by atoms with E-state index in [1.165, 1.54) is 6.42 Å². The van der Waals surface area contributed by atoms with Crippen LogP contribution < -0.4 is 11.1 Å². The molecule has 0 aromatic heterocycles. The number of hydrogen-bond acceptors (Lipinski definition) is 3. The van der Waals surface area contributed by atoms with Gasteiger partial charge in [-0.05, 0) is 37.6 Å². The molecule has 3 N–H and O–H groups in total. The molecule has 1 rings (SSSR count). The van der Waals surface area contributed by atoms with Gasteiger partial charge in [0.25, 0.3) is 0 Å². The molecule has 0 bridgehead atoms. The average molecular weight is 255 g/mol. The van der Waals surface area contributed by atoms with Crippen molar-refractivity contribution >= 4 is 5.91 Å². The summed E-state index contributed by atoms with van der Waals surface area (Å²) in [5, 5.41) is 3.66. The van der Waals surface area contributed by atoms with E-state index in [4.69, 9.17) is 5.73 Å². The number of likely N-dealkylation sites (tertiary alicyclic amines) is 1. The first-order valence-corrected chi connectivity index (χ1v) is 7.21. The Balaban J connectivity index is 2.13. The van der Waals surface area contributed by atoms with Gasteiger partial charge in [0.15, 0.2) is 0 Å². The molecule has 0 aromatic carbocycles. The predicted molar refractivity (Wildman–Crippen MR) is 75.3 cm³/mol. The highest BCUT2D eigenvalue weighted by molar-refractivity contribution is 5.75. The van der Waals surface area contributed by atoms with Gasteiger partial charge in [0.2, 0.25) is 5.91 Å². The largest absolute Gasteiger partial charge is 0.369 e. The molecular weight excluding hydrogens is 226 g/mol. The molecule has 1 aliphatic rings. The van der Waals surface area contributed by atoms with Crippen LogP contribution in [0.4, 0.5) is 0 Å². The summed E-state index contributed by atoms with van der Waals surface area (Å²) in [6, 6.07) is 0.615. The zero-order valence-electron chi connectivity index (χ0n) is 12.1. The van der Waals surface area contributed by atoms with E-state index in [0.717, 1.165) is 44.3 Å². The summed E-state index contributed by atoms with van der Waals surface area (Å²) in [4.78, 5) is 13.0. The minimum atomic E-state index is -0.216. The Morgan fingerprint density at radius 1 is 1.33 bits per heavy atom. The van der Waals surface area contributed by atoms with Crippen molar-refractivity contribution in [3.05, 3.63) is 0 Å². The molecule has 1 fully saturated rings. The maximum atomic E-state index is 10.8. The van der Waals surface area contributed by atoms with Crippen molar-refractivity contribution in [1.29, 1.82) is 0 Å². The van der Waals surface area contributed by atoms with Crippen molar-refractivity contribution in [2.24, 2.45) is 17.6 Å². The van der Waals surface area contributed by atoms with Gasteiger partial charge in [0.1, 0.15) is 0 Å². The Morgan fingerprint density at radius 2 is 1.94 bits per heavy atom. The molecule has 106 valence electrons. The molecule has 1 heterocycles. The number of hydrogen-bond donors (Lipinski definition) is 2. The van der Waals surface area contributed by atoms with E-state index >= 15 is 0 Å². The fraction of sp³-hybridized carbons (Fsp3) is 0.929. The van der Waals surface area contributed by atoms with Gasteiger partial charge < -0.3 is 11.1 Å². The number of piperidine rings is 1. The fourth-order valence-electron chi connectivity index (χ4n) is 2.77. The summed E-state index contributed by atoms with van der Waals surface area (Å²) in [7, 11) is 0. The number of carbonyl (C=O) groups excluding carboxylic acids is 1. The average Bonchev–Trinajstić information content (AvgIpc) is 2.26. The van der Waals surface area contributed by atoms with Crippen LogP contribution in [0.2, 0.25) is 0 Å². The molecule has 0 saturated carbocycles. The zero-order valence-corrected chi connectivity index (χ0v) is 12.1. The first kappa shape index (κ1) is 15.4. The Morgan fingerprint density at radius 3 is 2.44 bits per heavy atom. The van der Waals surface area contributed by atoms with Crippen LogP contribution in [0.3, 0.4) is 0 Å². The van der Waals surface area contributed by atoms with Crippen molar-refractivity contribution in [2.75, 3.05) is 26.2 Å². The summed E-state index contributed by atoms with van der Waals surface area (Å²) in [5.41, 5.74) is 5.21. The molecule has 0 aromatic rings. The first-order chi connectivity index (χ1) is 8.47. The van der Waals surface area contributed by atoms with E-state index in [-0.39, 0.29) is 5.91 Å². The van der Waals surface area contributed by atoms with E-state index in [2.05, 4.69) is 31.0 Å². The van der Waals surface area contributed by atoms with Gasteiger partial charge in [-0.3, -0.25) is 9.69 Å². The lowest BCUT2D eigenvalue weighted by atomic mass is 9.97. The minimum absolute atomic E-state index is 0.216. The topological polar surface area (TPSA) is 58.4 Å². The van der Waals surface area contributed by atoms with Crippen LogP contribution in [-0.4, -0.2) is 43.0 Å². The lowest BCUT2D eigenvalue weighted by Gasteiger charge is -2.32. The molecule has 1 saturated heterocycles. The third-order valence-corrected chi connectivity index (χ3v) is 3.60. The number of carbonyl (C=O) groups is 1. The maximum absolute atomic E-state index is 10.8. The Bertz CT molecular complexity index is 247. The van der Waals surface area contributed by atoms with Gasteiger partial charge >= 0.3 is 0 Å². The number of amides is 1. The number of nitrogens with one attached hydrogen (secondary N) is 1. The van der Waals surface area contributed by atoms with E-state index in [1.807, 2.05) is 0 Å². The maximum Gasteiger partial charge on any atom is 0.231 e. The molecular formula is C14H29N3O. The van der Waals surface area contributed by atoms with Crippen LogP contribution in [-0.2, 0) is 4.79 Å². The second-order valence-corrected chi connectivity index (χ2v) is 6.16. The van der Waals surface area contributed by atoms with Crippen LogP contribution in [0, 0.1) is 11.8 Å². The van der Waals surface area contributed by atoms with Crippen molar-refractivity contribution in [3.8, 4) is 0 Å². The monoisotopic (exact) mass is 255 g/mol. The molecule has 0 spiro atoms. The SMILES string of the molecule is CC(C)CC(C)CNC1CCN(CC(N)=O)CC1. The van der Waals surface area contributed by atoms with Crippen molar-refractivity contribution in [3.63, 3.8) is 0 Å². The first-order valence-electron chi connectivity index (χ1n) is 7.21. The van der Waals surface area contributed by atoms with Gasteiger partial charge in [-0.15, -0.1) is 0 Å². The van der Waals surface area contributed by atoms with Gasteiger partial charge in [-0.1, -0.05) is 20.8 Å². The molecule has 4 heteroatoms. The molecule has 1 amide bonds. The summed E-state index contributed by atoms with van der Waals surface area (Å²) < 4.78 is 0. The number of nitrogens with zero attached hydrogens (tertiary/aromatic N) is 1. The summed E-state index contributed by atoms with van der Waals surface area (Å²) in [5.74, 6) is 1.31.